The van der Waals surface area contributed by atoms with Crippen LogP contribution in [0.1, 0.15) is 23.6 Å². The SMILES string of the molecule is CCOc1cc(CNCc2ccc(C)cc2)ccc1Oc1nnnn1-c1ccccc1. The maximum Gasteiger partial charge on any atom is 0.346 e. The monoisotopic (exact) mass is 415 g/mol. The molecule has 31 heavy (non-hydrogen) atoms. The molecule has 7 nitrogen and oxygen atoms in total. The number of nitrogens with one attached hydrogen (secondary N) is 1. The Morgan fingerprint density at radius 2 is 1.61 bits per heavy atom. The first kappa shape index (κ1) is 20.6. The summed E-state index contributed by atoms with van der Waals surface area (Å²) in [6.45, 7) is 6.08. The number of benzene rings is 3. The standard InChI is InChI=1S/C24H25N5O2/c1-3-30-23-15-20(17-25-16-19-11-9-18(2)10-12-19)13-14-22(23)31-24-26-27-28-29(24)21-7-5-4-6-8-21/h4-15,25H,3,16-17H2,1-2H3. The van der Waals surface area contributed by atoms with E-state index in [1.165, 1.54) is 11.1 Å². The minimum atomic E-state index is 0.275. The predicted octanol–water partition coefficient (Wildman–Crippen LogP) is 4.45. The molecule has 158 valence electrons. The van der Waals surface area contributed by atoms with E-state index in [1.54, 1.807) is 4.68 Å². The highest BCUT2D eigenvalue weighted by Gasteiger charge is 2.14. The molecule has 0 bridgehead atoms. The highest BCUT2D eigenvalue weighted by molar-refractivity contribution is 5.45. The number of rotatable bonds is 9. The zero-order valence-corrected chi connectivity index (χ0v) is 17.7. The third kappa shape index (κ3) is 5.26. The van der Waals surface area contributed by atoms with Gasteiger partial charge in [-0.3, -0.25) is 0 Å². The van der Waals surface area contributed by atoms with Gasteiger partial charge in [0.25, 0.3) is 0 Å². The van der Waals surface area contributed by atoms with Crippen molar-refractivity contribution in [1.82, 2.24) is 25.5 Å². The summed E-state index contributed by atoms with van der Waals surface area (Å²) < 4.78 is 13.4. The van der Waals surface area contributed by atoms with Gasteiger partial charge < -0.3 is 14.8 Å². The second-order valence-corrected chi connectivity index (χ2v) is 7.11. The summed E-state index contributed by atoms with van der Waals surface area (Å²) in [6.07, 6.45) is 0. The Hall–Kier alpha value is -3.71. The number of hydrogen-bond acceptors (Lipinski definition) is 6. The molecule has 0 unspecified atom stereocenters. The van der Waals surface area contributed by atoms with Crippen LogP contribution in [-0.4, -0.2) is 26.8 Å². The molecular formula is C24H25N5O2. The predicted molar refractivity (Wildman–Crippen MR) is 119 cm³/mol. The van der Waals surface area contributed by atoms with Gasteiger partial charge in [0.15, 0.2) is 11.5 Å². The zero-order chi connectivity index (χ0) is 21.5. The molecule has 0 spiro atoms. The lowest BCUT2D eigenvalue weighted by molar-refractivity contribution is 0.315. The van der Waals surface area contributed by atoms with Gasteiger partial charge in [0.1, 0.15) is 0 Å². The van der Waals surface area contributed by atoms with E-state index in [4.69, 9.17) is 9.47 Å². The van der Waals surface area contributed by atoms with Crippen LogP contribution in [0.2, 0.25) is 0 Å². The molecule has 1 aromatic heterocycles. The summed E-state index contributed by atoms with van der Waals surface area (Å²) in [5.41, 5.74) is 4.44. The van der Waals surface area contributed by atoms with E-state index in [9.17, 15) is 0 Å². The normalized spacial score (nSPS) is 10.8. The van der Waals surface area contributed by atoms with E-state index in [0.29, 0.717) is 18.1 Å². The Kier molecular flexibility index (Phi) is 6.54. The average Bonchev–Trinajstić information content (AvgIpc) is 3.26. The van der Waals surface area contributed by atoms with Crippen LogP contribution in [0, 0.1) is 6.92 Å². The van der Waals surface area contributed by atoms with Gasteiger partial charge in [-0.1, -0.05) is 59.2 Å². The van der Waals surface area contributed by atoms with Gasteiger partial charge in [0.05, 0.1) is 12.3 Å². The number of hydrogen-bond donors (Lipinski definition) is 1. The summed E-state index contributed by atoms with van der Waals surface area (Å²) in [5, 5.41) is 15.3. The Labute approximate surface area is 181 Å². The van der Waals surface area contributed by atoms with Crippen molar-refractivity contribution in [1.29, 1.82) is 0 Å². The lowest BCUT2D eigenvalue weighted by atomic mass is 10.1. The van der Waals surface area contributed by atoms with Crippen molar-refractivity contribution in [3.8, 4) is 23.2 Å². The van der Waals surface area contributed by atoms with Crippen LogP contribution in [0.5, 0.6) is 17.5 Å². The minimum absolute atomic E-state index is 0.275. The number of ether oxygens (including phenoxy) is 2. The Morgan fingerprint density at radius 3 is 2.39 bits per heavy atom. The lowest BCUT2D eigenvalue weighted by Crippen LogP contribution is -2.12. The van der Waals surface area contributed by atoms with Gasteiger partial charge in [0.2, 0.25) is 0 Å². The van der Waals surface area contributed by atoms with E-state index in [2.05, 4.69) is 52.0 Å². The first-order valence-corrected chi connectivity index (χ1v) is 10.3. The van der Waals surface area contributed by atoms with Crippen LogP contribution in [0.3, 0.4) is 0 Å². The largest absolute Gasteiger partial charge is 0.490 e. The van der Waals surface area contributed by atoms with Crippen LogP contribution in [0.4, 0.5) is 0 Å². The van der Waals surface area contributed by atoms with Crippen molar-refractivity contribution in [2.45, 2.75) is 26.9 Å². The van der Waals surface area contributed by atoms with Crippen molar-refractivity contribution in [3.63, 3.8) is 0 Å². The molecule has 0 radical (unpaired) electrons. The minimum Gasteiger partial charge on any atom is -0.490 e. The van der Waals surface area contributed by atoms with Crippen LogP contribution in [0.25, 0.3) is 5.69 Å². The maximum absolute atomic E-state index is 6.01. The number of tetrazole rings is 1. The van der Waals surface area contributed by atoms with Gasteiger partial charge in [0, 0.05) is 13.1 Å². The van der Waals surface area contributed by atoms with E-state index >= 15 is 0 Å². The van der Waals surface area contributed by atoms with Crippen molar-refractivity contribution < 1.29 is 9.47 Å². The molecule has 1 heterocycles. The van der Waals surface area contributed by atoms with E-state index in [1.807, 2.05) is 55.5 Å². The van der Waals surface area contributed by atoms with Gasteiger partial charge in [-0.25, -0.2) is 0 Å². The molecule has 0 atom stereocenters. The molecule has 0 saturated heterocycles. The van der Waals surface area contributed by atoms with Gasteiger partial charge in [-0.05, 0) is 59.7 Å². The third-order valence-electron chi connectivity index (χ3n) is 4.73. The van der Waals surface area contributed by atoms with Crippen LogP contribution in [0.15, 0.2) is 72.8 Å². The fourth-order valence-electron chi connectivity index (χ4n) is 3.14. The topological polar surface area (TPSA) is 74.1 Å². The first-order chi connectivity index (χ1) is 15.2. The third-order valence-corrected chi connectivity index (χ3v) is 4.73. The summed E-state index contributed by atoms with van der Waals surface area (Å²) in [4.78, 5) is 0. The smallest absolute Gasteiger partial charge is 0.346 e. The van der Waals surface area contributed by atoms with E-state index in [-0.39, 0.29) is 6.01 Å². The first-order valence-electron chi connectivity index (χ1n) is 10.3. The molecule has 0 aliphatic carbocycles. The molecule has 0 aliphatic heterocycles. The van der Waals surface area contributed by atoms with E-state index < -0.39 is 0 Å². The zero-order valence-electron chi connectivity index (χ0n) is 17.7. The van der Waals surface area contributed by atoms with Crippen molar-refractivity contribution in [2.24, 2.45) is 0 Å². The molecule has 0 amide bonds. The number of aromatic nitrogens is 4. The summed E-state index contributed by atoms with van der Waals surface area (Å²) in [5.74, 6) is 1.22. The Morgan fingerprint density at radius 1 is 0.871 bits per heavy atom. The molecule has 0 saturated carbocycles. The van der Waals surface area contributed by atoms with Gasteiger partial charge >= 0.3 is 6.01 Å². The van der Waals surface area contributed by atoms with Crippen LogP contribution in [-0.2, 0) is 13.1 Å². The molecular weight excluding hydrogens is 390 g/mol. The number of para-hydroxylation sites is 1. The molecule has 1 N–H and O–H groups in total. The van der Waals surface area contributed by atoms with Crippen LogP contribution >= 0.6 is 0 Å². The highest BCUT2D eigenvalue weighted by Crippen LogP contribution is 2.32. The second kappa shape index (κ2) is 9.86. The van der Waals surface area contributed by atoms with Crippen LogP contribution < -0.4 is 14.8 Å². The fourth-order valence-corrected chi connectivity index (χ4v) is 3.14. The van der Waals surface area contributed by atoms with Crippen molar-refractivity contribution in [2.75, 3.05) is 6.61 Å². The van der Waals surface area contributed by atoms with Gasteiger partial charge in [-0.15, -0.1) is 0 Å². The maximum atomic E-state index is 6.01. The highest BCUT2D eigenvalue weighted by atomic mass is 16.5. The summed E-state index contributed by atoms with van der Waals surface area (Å²) >= 11 is 0. The molecule has 4 rings (SSSR count). The lowest BCUT2D eigenvalue weighted by Gasteiger charge is -2.13. The van der Waals surface area contributed by atoms with Gasteiger partial charge in [-0.2, -0.15) is 4.68 Å². The second-order valence-electron chi connectivity index (χ2n) is 7.11. The Balaban J connectivity index is 1.46. The molecule has 4 aromatic rings. The molecule has 3 aromatic carbocycles. The number of nitrogens with zero attached hydrogens (tertiary/aromatic N) is 4. The number of aryl methyl sites for hydroxylation is 1. The quantitative estimate of drug-likeness (QED) is 0.435. The molecule has 0 fully saturated rings. The van der Waals surface area contributed by atoms with E-state index in [0.717, 1.165) is 24.3 Å². The molecule has 0 aliphatic rings. The van der Waals surface area contributed by atoms with Crippen molar-refractivity contribution in [3.05, 3.63) is 89.5 Å². The average molecular weight is 415 g/mol. The van der Waals surface area contributed by atoms with Crippen molar-refractivity contribution >= 4 is 0 Å². The fraction of sp³-hybridized carbons (Fsp3) is 0.208. The summed E-state index contributed by atoms with van der Waals surface area (Å²) in [6, 6.07) is 24.3. The Bertz CT molecular complexity index is 1110. The summed E-state index contributed by atoms with van der Waals surface area (Å²) in [7, 11) is 0. The molecule has 7 heteroatoms.